The van der Waals surface area contributed by atoms with E-state index in [2.05, 4.69) is 30.1 Å². The summed E-state index contributed by atoms with van der Waals surface area (Å²) in [7, 11) is 0. The average Bonchev–Trinajstić information content (AvgIpc) is 3.43. The molecule has 0 saturated carbocycles. The summed E-state index contributed by atoms with van der Waals surface area (Å²) in [4.78, 5) is 21.2. The van der Waals surface area contributed by atoms with Gasteiger partial charge in [-0.1, -0.05) is 18.2 Å². The Morgan fingerprint density at radius 1 is 0.774 bits per heavy atom. The van der Waals surface area contributed by atoms with Crippen LogP contribution in [0.5, 0.6) is 0 Å². The molecule has 8 heteroatoms. The van der Waals surface area contributed by atoms with E-state index < -0.39 is 0 Å². The maximum absolute atomic E-state index is 14.4. The van der Waals surface area contributed by atoms with Crippen molar-refractivity contribution in [1.82, 2.24) is 35.1 Å². The second-order valence-electron chi connectivity index (χ2n) is 7.02. The lowest BCUT2D eigenvalue weighted by Gasteiger charge is -2.02. The molecular weight excluding hydrogens is 393 g/mol. The van der Waals surface area contributed by atoms with E-state index in [9.17, 15) is 4.39 Å². The van der Waals surface area contributed by atoms with E-state index in [1.807, 2.05) is 30.3 Å². The Hall–Kier alpha value is -4.46. The van der Waals surface area contributed by atoms with Crippen molar-refractivity contribution in [1.29, 1.82) is 0 Å². The molecule has 0 bridgehead atoms. The van der Waals surface area contributed by atoms with E-state index in [0.29, 0.717) is 28.3 Å². The molecule has 0 unspecified atom stereocenters. The molecule has 0 aliphatic heterocycles. The normalized spacial score (nSPS) is 11.4. The van der Waals surface area contributed by atoms with Gasteiger partial charge in [0.15, 0.2) is 5.82 Å². The van der Waals surface area contributed by atoms with Gasteiger partial charge < -0.3 is 4.98 Å². The number of benzene rings is 1. The van der Waals surface area contributed by atoms with Gasteiger partial charge in [0.05, 0.1) is 28.6 Å². The Morgan fingerprint density at radius 3 is 2.55 bits per heavy atom. The van der Waals surface area contributed by atoms with Crippen molar-refractivity contribution in [3.05, 3.63) is 79.0 Å². The number of hydrogen-bond donors (Lipinski definition) is 2. The number of aromatic nitrogens is 7. The number of pyridine rings is 3. The molecule has 148 valence electrons. The number of nitrogens with zero attached hydrogens (tertiary/aromatic N) is 5. The lowest BCUT2D eigenvalue weighted by Crippen LogP contribution is -1.89. The highest BCUT2D eigenvalue weighted by molar-refractivity contribution is 5.96. The summed E-state index contributed by atoms with van der Waals surface area (Å²) in [5.41, 5.74) is 5.14. The van der Waals surface area contributed by atoms with Crippen molar-refractivity contribution in [2.45, 2.75) is 0 Å². The summed E-state index contributed by atoms with van der Waals surface area (Å²) < 4.78 is 14.4. The summed E-state index contributed by atoms with van der Waals surface area (Å²) >= 11 is 0. The molecule has 0 amide bonds. The molecule has 31 heavy (non-hydrogen) atoms. The molecule has 0 radical (unpaired) electrons. The highest BCUT2D eigenvalue weighted by Crippen LogP contribution is 2.32. The summed E-state index contributed by atoms with van der Waals surface area (Å²) in [5.74, 6) is 0.216. The zero-order valence-corrected chi connectivity index (χ0v) is 16.0. The smallest absolute Gasteiger partial charge is 0.159 e. The van der Waals surface area contributed by atoms with Gasteiger partial charge in [-0.25, -0.2) is 9.37 Å². The van der Waals surface area contributed by atoms with Gasteiger partial charge in [-0.3, -0.25) is 20.1 Å². The van der Waals surface area contributed by atoms with Gasteiger partial charge >= 0.3 is 0 Å². The fourth-order valence-electron chi connectivity index (χ4n) is 3.65. The van der Waals surface area contributed by atoms with E-state index in [1.54, 1.807) is 36.8 Å². The fraction of sp³-hybridized carbons (Fsp3) is 0. The molecule has 6 rings (SSSR count). The number of H-pyrrole nitrogens is 2. The monoisotopic (exact) mass is 407 g/mol. The van der Waals surface area contributed by atoms with Crippen molar-refractivity contribution in [3.63, 3.8) is 0 Å². The molecule has 0 spiro atoms. The standard InChI is InChI=1S/C23H14FN7/c24-15-6-2-1-5-13(15)20-22-17(8-10-26-20)28-23(29-22)21-14-11-18(16-7-3-4-9-25-16)27-12-19(14)30-31-21/h1-12H,(H,28,29)(H,30,31). The van der Waals surface area contributed by atoms with Crippen molar-refractivity contribution in [2.24, 2.45) is 0 Å². The molecule has 5 aromatic heterocycles. The van der Waals surface area contributed by atoms with Gasteiger partial charge in [0.1, 0.15) is 22.7 Å². The van der Waals surface area contributed by atoms with Crippen LogP contribution in [0.3, 0.4) is 0 Å². The number of imidazole rings is 1. The second-order valence-corrected chi connectivity index (χ2v) is 7.02. The molecule has 2 N–H and O–H groups in total. The SMILES string of the molecule is Fc1ccccc1-c1nccc2[nH]c(-c3n[nH]c4cnc(-c5ccccn5)cc34)nc12. The topological polar surface area (TPSA) is 96.0 Å². The molecule has 6 aromatic rings. The summed E-state index contributed by atoms with van der Waals surface area (Å²) in [6, 6.07) is 16.0. The molecule has 0 atom stereocenters. The minimum absolute atomic E-state index is 0.344. The van der Waals surface area contributed by atoms with Crippen molar-refractivity contribution in [3.8, 4) is 34.2 Å². The first kappa shape index (κ1) is 17.4. The first-order valence-corrected chi connectivity index (χ1v) is 9.63. The van der Waals surface area contributed by atoms with E-state index in [1.165, 1.54) is 6.07 Å². The van der Waals surface area contributed by atoms with Gasteiger partial charge in [-0.15, -0.1) is 0 Å². The van der Waals surface area contributed by atoms with Crippen LogP contribution in [-0.4, -0.2) is 35.1 Å². The number of hydrogen-bond acceptors (Lipinski definition) is 5. The van der Waals surface area contributed by atoms with Crippen LogP contribution in [0.4, 0.5) is 4.39 Å². The van der Waals surface area contributed by atoms with E-state index in [-0.39, 0.29) is 5.82 Å². The quantitative estimate of drug-likeness (QED) is 0.441. The second kappa shape index (κ2) is 6.81. The molecule has 0 saturated heterocycles. The summed E-state index contributed by atoms with van der Waals surface area (Å²) in [6.45, 7) is 0. The number of halogens is 1. The Kier molecular flexibility index (Phi) is 3.82. The Morgan fingerprint density at radius 2 is 1.68 bits per heavy atom. The van der Waals surface area contributed by atoms with Crippen molar-refractivity contribution >= 4 is 21.9 Å². The number of nitrogens with one attached hydrogen (secondary N) is 2. The number of rotatable bonds is 3. The number of aromatic amines is 2. The molecule has 5 heterocycles. The van der Waals surface area contributed by atoms with Gasteiger partial charge in [-0.2, -0.15) is 5.10 Å². The first-order chi connectivity index (χ1) is 15.3. The van der Waals surface area contributed by atoms with Crippen molar-refractivity contribution < 1.29 is 4.39 Å². The Bertz CT molecular complexity index is 1550. The van der Waals surface area contributed by atoms with Crippen LogP contribution in [0.15, 0.2) is 73.2 Å². The van der Waals surface area contributed by atoms with E-state index in [4.69, 9.17) is 4.98 Å². The third-order valence-corrected chi connectivity index (χ3v) is 5.13. The maximum atomic E-state index is 14.4. The number of fused-ring (bicyclic) bond motifs is 2. The molecule has 0 aliphatic carbocycles. The predicted octanol–water partition coefficient (Wildman–Crippen LogP) is 4.76. The van der Waals surface area contributed by atoms with E-state index >= 15 is 0 Å². The summed E-state index contributed by atoms with van der Waals surface area (Å²) in [5, 5.41) is 8.30. The molecule has 0 aliphatic rings. The Balaban J connectivity index is 1.53. The van der Waals surface area contributed by atoms with Gasteiger partial charge in [-0.05, 0) is 36.4 Å². The largest absolute Gasteiger partial charge is 0.336 e. The molecule has 1 aromatic carbocycles. The van der Waals surface area contributed by atoms with Crippen molar-refractivity contribution in [2.75, 3.05) is 0 Å². The molecule has 0 fully saturated rings. The van der Waals surface area contributed by atoms with Crippen LogP contribution in [0.2, 0.25) is 0 Å². The van der Waals surface area contributed by atoms with Crippen LogP contribution in [-0.2, 0) is 0 Å². The van der Waals surface area contributed by atoms with E-state index in [0.717, 1.165) is 27.8 Å². The van der Waals surface area contributed by atoms with Crippen LogP contribution in [0.1, 0.15) is 0 Å². The van der Waals surface area contributed by atoms with Gasteiger partial charge in [0.25, 0.3) is 0 Å². The minimum Gasteiger partial charge on any atom is -0.336 e. The summed E-state index contributed by atoms with van der Waals surface area (Å²) in [6.07, 6.45) is 5.09. The molecular formula is C23H14FN7. The first-order valence-electron chi connectivity index (χ1n) is 9.63. The highest BCUT2D eigenvalue weighted by atomic mass is 19.1. The average molecular weight is 407 g/mol. The van der Waals surface area contributed by atoms with Gasteiger partial charge in [0, 0.05) is 23.3 Å². The van der Waals surface area contributed by atoms with Crippen LogP contribution in [0, 0.1) is 5.82 Å². The minimum atomic E-state index is -0.344. The lowest BCUT2D eigenvalue weighted by atomic mass is 10.1. The predicted molar refractivity (Wildman–Crippen MR) is 115 cm³/mol. The molecule has 7 nitrogen and oxygen atoms in total. The third-order valence-electron chi connectivity index (χ3n) is 5.13. The fourth-order valence-corrected chi connectivity index (χ4v) is 3.65. The van der Waals surface area contributed by atoms with Gasteiger partial charge in [0.2, 0.25) is 0 Å². The zero-order chi connectivity index (χ0) is 20.8. The zero-order valence-electron chi connectivity index (χ0n) is 16.0. The van der Waals surface area contributed by atoms with Crippen LogP contribution >= 0.6 is 0 Å². The lowest BCUT2D eigenvalue weighted by molar-refractivity contribution is 0.631. The maximum Gasteiger partial charge on any atom is 0.159 e. The van der Waals surface area contributed by atoms with Crippen LogP contribution in [0.25, 0.3) is 56.1 Å². The Labute approximate surface area is 175 Å². The van der Waals surface area contributed by atoms with Crippen LogP contribution < -0.4 is 0 Å². The highest BCUT2D eigenvalue weighted by Gasteiger charge is 2.18. The third kappa shape index (κ3) is 2.84.